The summed E-state index contributed by atoms with van der Waals surface area (Å²) in [5.41, 5.74) is 2.78. The first-order valence-electron chi connectivity index (χ1n) is 10.9. The van der Waals surface area contributed by atoms with Crippen molar-refractivity contribution in [3.63, 3.8) is 0 Å². The third-order valence-electron chi connectivity index (χ3n) is 5.60. The number of nitrogens with one attached hydrogen (secondary N) is 1. The van der Waals surface area contributed by atoms with Gasteiger partial charge < -0.3 is 5.32 Å². The quantitative estimate of drug-likeness (QED) is 0.269. The van der Waals surface area contributed by atoms with Crippen molar-refractivity contribution in [2.75, 3.05) is 11.1 Å². The molecule has 1 aliphatic rings. The molecule has 1 aromatic heterocycles. The van der Waals surface area contributed by atoms with Crippen molar-refractivity contribution in [2.45, 2.75) is 11.7 Å². The van der Waals surface area contributed by atoms with Gasteiger partial charge in [0.15, 0.2) is 22.5 Å². The van der Waals surface area contributed by atoms with Gasteiger partial charge in [-0.15, -0.1) is 16.8 Å². The molecule has 0 saturated heterocycles. The molecule has 172 valence electrons. The Hall–Kier alpha value is -4.30. The minimum Gasteiger partial charge on any atom is -0.325 e. The van der Waals surface area contributed by atoms with E-state index in [1.165, 1.54) is 11.8 Å². The SMILES string of the molecule is C=CCn1c(SCC(=O)Nc2ccc3c(c2)C(=O)c2ccccc2C3=O)nnc1-c1ccccc1. The highest BCUT2D eigenvalue weighted by Crippen LogP contribution is 2.29. The largest absolute Gasteiger partial charge is 0.325 e. The maximum atomic E-state index is 12.9. The van der Waals surface area contributed by atoms with Crippen molar-refractivity contribution < 1.29 is 14.4 Å². The number of benzene rings is 3. The average molecular weight is 481 g/mol. The Morgan fingerprint density at radius 2 is 1.54 bits per heavy atom. The molecule has 0 aliphatic heterocycles. The van der Waals surface area contributed by atoms with Crippen LogP contribution in [0.2, 0.25) is 0 Å². The maximum absolute atomic E-state index is 12.9. The second-order valence-corrected chi connectivity index (χ2v) is 8.82. The summed E-state index contributed by atoms with van der Waals surface area (Å²) < 4.78 is 1.90. The first kappa shape index (κ1) is 22.5. The Morgan fingerprint density at radius 1 is 0.886 bits per heavy atom. The zero-order chi connectivity index (χ0) is 24.4. The number of nitrogens with zero attached hydrogens (tertiary/aromatic N) is 3. The van der Waals surface area contributed by atoms with Crippen LogP contribution in [0.5, 0.6) is 0 Å². The fourth-order valence-corrected chi connectivity index (χ4v) is 4.74. The van der Waals surface area contributed by atoms with E-state index < -0.39 is 0 Å². The first-order chi connectivity index (χ1) is 17.1. The number of hydrogen-bond acceptors (Lipinski definition) is 6. The van der Waals surface area contributed by atoms with Gasteiger partial charge in [0.25, 0.3) is 0 Å². The molecule has 5 rings (SSSR count). The lowest BCUT2D eigenvalue weighted by Gasteiger charge is -2.18. The average Bonchev–Trinajstić information content (AvgIpc) is 3.29. The van der Waals surface area contributed by atoms with Crippen LogP contribution in [0, 0.1) is 0 Å². The molecular formula is C27H20N4O3S. The van der Waals surface area contributed by atoms with Gasteiger partial charge in [-0.25, -0.2) is 0 Å². The monoisotopic (exact) mass is 480 g/mol. The van der Waals surface area contributed by atoms with Crippen LogP contribution < -0.4 is 5.32 Å². The highest BCUT2D eigenvalue weighted by atomic mass is 32.2. The molecule has 0 radical (unpaired) electrons. The Morgan fingerprint density at radius 3 is 2.26 bits per heavy atom. The Labute approximate surface area is 205 Å². The number of carbonyl (C=O) groups excluding carboxylic acids is 3. The third kappa shape index (κ3) is 4.31. The molecule has 0 spiro atoms. The van der Waals surface area contributed by atoms with Crippen LogP contribution in [0.15, 0.2) is 90.6 Å². The molecule has 1 heterocycles. The molecule has 4 aromatic rings. The molecule has 1 aliphatic carbocycles. The molecular weight excluding hydrogens is 460 g/mol. The lowest BCUT2D eigenvalue weighted by atomic mass is 9.84. The van der Waals surface area contributed by atoms with Crippen LogP contribution in [0.25, 0.3) is 11.4 Å². The Balaban J connectivity index is 1.31. The van der Waals surface area contributed by atoms with E-state index in [4.69, 9.17) is 0 Å². The highest BCUT2D eigenvalue weighted by molar-refractivity contribution is 7.99. The van der Waals surface area contributed by atoms with E-state index in [-0.39, 0.29) is 28.8 Å². The zero-order valence-corrected chi connectivity index (χ0v) is 19.4. The van der Waals surface area contributed by atoms with Crippen molar-refractivity contribution in [1.29, 1.82) is 0 Å². The second-order valence-electron chi connectivity index (χ2n) is 7.87. The first-order valence-corrected chi connectivity index (χ1v) is 11.9. The smallest absolute Gasteiger partial charge is 0.234 e. The van der Waals surface area contributed by atoms with Gasteiger partial charge >= 0.3 is 0 Å². The topological polar surface area (TPSA) is 94.0 Å². The summed E-state index contributed by atoms with van der Waals surface area (Å²) >= 11 is 1.26. The zero-order valence-electron chi connectivity index (χ0n) is 18.6. The number of hydrogen-bond donors (Lipinski definition) is 1. The van der Waals surface area contributed by atoms with Crippen LogP contribution in [0.3, 0.4) is 0 Å². The van der Waals surface area contributed by atoms with Gasteiger partial charge in [0.2, 0.25) is 5.91 Å². The predicted octanol–water partition coefficient (Wildman–Crippen LogP) is 4.64. The van der Waals surface area contributed by atoms with Crippen molar-refractivity contribution >= 4 is 34.9 Å². The Bertz CT molecular complexity index is 1480. The minimum atomic E-state index is -0.264. The van der Waals surface area contributed by atoms with Gasteiger partial charge in [-0.05, 0) is 18.2 Å². The summed E-state index contributed by atoms with van der Waals surface area (Å²) in [5, 5.41) is 12.0. The predicted molar refractivity (Wildman–Crippen MR) is 135 cm³/mol. The molecule has 35 heavy (non-hydrogen) atoms. The number of allylic oxidation sites excluding steroid dienone is 1. The molecule has 3 aromatic carbocycles. The van der Waals surface area contributed by atoms with E-state index in [9.17, 15) is 14.4 Å². The van der Waals surface area contributed by atoms with E-state index in [0.29, 0.717) is 39.9 Å². The van der Waals surface area contributed by atoms with Crippen molar-refractivity contribution in [1.82, 2.24) is 14.8 Å². The van der Waals surface area contributed by atoms with Gasteiger partial charge in [-0.3, -0.25) is 19.0 Å². The molecule has 1 amide bonds. The van der Waals surface area contributed by atoms with Gasteiger partial charge in [-0.1, -0.05) is 72.4 Å². The molecule has 7 nitrogen and oxygen atoms in total. The molecule has 8 heteroatoms. The summed E-state index contributed by atoms with van der Waals surface area (Å²) in [5.74, 6) is 0.105. The molecule has 0 unspecified atom stereocenters. The van der Waals surface area contributed by atoms with E-state index in [1.54, 1.807) is 48.5 Å². The third-order valence-corrected chi connectivity index (χ3v) is 6.57. The number of anilines is 1. The number of aromatic nitrogens is 3. The maximum Gasteiger partial charge on any atom is 0.234 e. The number of carbonyl (C=O) groups is 3. The standard InChI is InChI=1S/C27H20N4O3S/c1-2-14-31-26(17-8-4-3-5-9-17)29-30-27(31)35-16-23(32)28-18-12-13-21-22(15-18)25(34)20-11-7-6-10-19(20)24(21)33/h2-13,15H,1,14,16H2,(H,28,32). The van der Waals surface area contributed by atoms with Gasteiger partial charge in [0, 0.05) is 40.0 Å². The van der Waals surface area contributed by atoms with E-state index in [0.717, 1.165) is 5.56 Å². The van der Waals surface area contributed by atoms with Crippen LogP contribution in [0.1, 0.15) is 31.8 Å². The number of amides is 1. The lowest BCUT2D eigenvalue weighted by Crippen LogP contribution is -2.21. The van der Waals surface area contributed by atoms with Crippen LogP contribution in [0.4, 0.5) is 5.69 Å². The summed E-state index contributed by atoms with van der Waals surface area (Å²) in [6.45, 7) is 4.31. The fraction of sp³-hybridized carbons (Fsp3) is 0.0741. The van der Waals surface area contributed by atoms with E-state index in [1.807, 2.05) is 34.9 Å². The molecule has 0 fully saturated rings. The molecule has 0 atom stereocenters. The van der Waals surface area contributed by atoms with E-state index >= 15 is 0 Å². The van der Waals surface area contributed by atoms with Gasteiger partial charge in [0.1, 0.15) is 0 Å². The molecule has 0 bridgehead atoms. The van der Waals surface area contributed by atoms with E-state index in [2.05, 4.69) is 22.1 Å². The Kier molecular flexibility index (Phi) is 6.12. The number of fused-ring (bicyclic) bond motifs is 2. The van der Waals surface area contributed by atoms with Crippen LogP contribution in [-0.2, 0) is 11.3 Å². The van der Waals surface area contributed by atoms with Gasteiger partial charge in [-0.2, -0.15) is 0 Å². The highest BCUT2D eigenvalue weighted by Gasteiger charge is 2.29. The van der Waals surface area contributed by atoms with Gasteiger partial charge in [0.05, 0.1) is 5.75 Å². The lowest BCUT2D eigenvalue weighted by molar-refractivity contribution is -0.113. The number of thioether (sulfide) groups is 1. The normalized spacial score (nSPS) is 12.1. The minimum absolute atomic E-state index is 0.0941. The van der Waals surface area contributed by atoms with Crippen molar-refractivity contribution in [3.8, 4) is 11.4 Å². The summed E-state index contributed by atoms with van der Waals surface area (Å²) in [6, 6.07) is 21.2. The molecule has 1 N–H and O–H groups in total. The molecule has 0 saturated carbocycles. The van der Waals surface area contributed by atoms with Crippen LogP contribution in [-0.4, -0.2) is 38.0 Å². The summed E-state index contributed by atoms with van der Waals surface area (Å²) in [6.07, 6.45) is 1.75. The second kappa shape index (κ2) is 9.52. The summed E-state index contributed by atoms with van der Waals surface area (Å²) in [4.78, 5) is 38.4. The number of ketones is 2. The van der Waals surface area contributed by atoms with Crippen molar-refractivity contribution in [2.24, 2.45) is 0 Å². The number of rotatable bonds is 7. The van der Waals surface area contributed by atoms with Crippen molar-refractivity contribution in [3.05, 3.63) is 108 Å². The van der Waals surface area contributed by atoms with Crippen LogP contribution >= 0.6 is 11.8 Å². The summed E-state index contributed by atoms with van der Waals surface area (Å²) in [7, 11) is 0. The fourth-order valence-electron chi connectivity index (χ4n) is 3.99.